The smallest absolute Gasteiger partial charge is 0.341 e. The van der Waals surface area contributed by atoms with Crippen LogP contribution in [0.2, 0.25) is 0 Å². The van der Waals surface area contributed by atoms with Crippen molar-refractivity contribution in [3.63, 3.8) is 0 Å². The molecule has 0 aromatic heterocycles. The van der Waals surface area contributed by atoms with Gasteiger partial charge in [-0.1, -0.05) is 27.7 Å². The van der Waals surface area contributed by atoms with Gasteiger partial charge in [0.1, 0.15) is 16.7 Å². The van der Waals surface area contributed by atoms with Crippen LogP contribution < -0.4 is 15.0 Å². The zero-order valence-corrected chi connectivity index (χ0v) is 22.1. The predicted molar refractivity (Wildman–Crippen MR) is 149 cm³/mol. The molecule has 4 rings (SSSR count). The molecular formula is C26H21BrN4O6S. The molecule has 0 bridgehead atoms. The van der Waals surface area contributed by atoms with E-state index < -0.39 is 17.8 Å². The summed E-state index contributed by atoms with van der Waals surface area (Å²) < 4.78 is 5.99. The fourth-order valence-corrected chi connectivity index (χ4v) is 4.71. The summed E-state index contributed by atoms with van der Waals surface area (Å²) in [6.07, 6.45) is 1.40. The molecule has 3 aromatic carbocycles. The van der Waals surface area contributed by atoms with Crippen LogP contribution in [-0.4, -0.2) is 51.2 Å². The number of nitrogens with zero attached hydrogens (tertiary/aromatic N) is 3. The van der Waals surface area contributed by atoms with E-state index >= 15 is 0 Å². The molecule has 1 heterocycles. The number of carbonyl (C=O) groups excluding carboxylic acids is 2. The zero-order valence-electron chi connectivity index (χ0n) is 19.7. The summed E-state index contributed by atoms with van der Waals surface area (Å²) >= 11 is 4.47. The molecule has 2 amide bonds. The summed E-state index contributed by atoms with van der Waals surface area (Å²) in [5, 5.41) is 29.0. The molecule has 0 radical (unpaired) electrons. The predicted octanol–water partition coefficient (Wildman–Crippen LogP) is 4.49. The number of phenols is 1. The average molecular weight is 597 g/mol. The van der Waals surface area contributed by atoms with E-state index in [-0.39, 0.29) is 29.2 Å². The molecule has 12 heteroatoms. The third-order valence-electron chi connectivity index (χ3n) is 5.13. The molecule has 0 saturated carbocycles. The molecule has 0 aliphatic carbocycles. The normalized spacial score (nSPS) is 16.2. The Bertz CT molecular complexity index is 1380. The Hall–Kier alpha value is -4.16. The number of carboxylic acid groups (broad SMARTS) is 1. The average Bonchev–Trinajstić information content (AvgIpc) is 3.19. The van der Waals surface area contributed by atoms with Gasteiger partial charge in [0.2, 0.25) is 11.8 Å². The van der Waals surface area contributed by atoms with Gasteiger partial charge in [-0.05, 0) is 78.4 Å². The molecule has 1 unspecified atom stereocenters. The number of hydrogen-bond acceptors (Lipinski definition) is 8. The monoisotopic (exact) mass is 596 g/mol. The lowest BCUT2D eigenvalue weighted by atomic mass is 10.2. The van der Waals surface area contributed by atoms with Gasteiger partial charge < -0.3 is 20.3 Å². The van der Waals surface area contributed by atoms with Crippen molar-refractivity contribution in [2.24, 2.45) is 10.2 Å². The van der Waals surface area contributed by atoms with Crippen LogP contribution in [0.15, 0.2) is 87.5 Å². The van der Waals surface area contributed by atoms with Crippen LogP contribution in [0.5, 0.6) is 11.5 Å². The molecule has 10 nitrogen and oxygen atoms in total. The highest BCUT2D eigenvalue weighted by atomic mass is 79.9. The molecule has 1 saturated heterocycles. The number of anilines is 2. The van der Waals surface area contributed by atoms with Crippen LogP contribution in [-0.2, 0) is 14.4 Å². The quantitative estimate of drug-likeness (QED) is 0.244. The summed E-state index contributed by atoms with van der Waals surface area (Å²) in [4.78, 5) is 37.9. The molecular weight excluding hydrogens is 576 g/mol. The van der Waals surface area contributed by atoms with Crippen LogP contribution in [0.25, 0.3) is 0 Å². The van der Waals surface area contributed by atoms with Crippen LogP contribution in [0, 0.1) is 0 Å². The minimum absolute atomic E-state index is 0.0470. The minimum atomic E-state index is -1.07. The Kier molecular flexibility index (Phi) is 8.77. The standard InChI is InChI=1S/C26H21BrN4O6S/c27-17-3-5-18(6-4-17)29-23(33)13-22-25(36)31(19-7-9-20(32)10-8-19)26(38-22)30-28-14-16-1-11-21(12-2-16)37-15-24(34)35/h1-12,14,22,32H,13,15H2,(H,29,33)(H,34,35)/b28-14+,30-26+. The highest BCUT2D eigenvalue weighted by molar-refractivity contribution is 9.10. The number of thioether (sulfide) groups is 1. The molecule has 1 atom stereocenters. The van der Waals surface area contributed by atoms with Crippen LogP contribution in [0.3, 0.4) is 0 Å². The highest BCUT2D eigenvalue weighted by Crippen LogP contribution is 2.34. The maximum atomic E-state index is 13.3. The van der Waals surface area contributed by atoms with Crippen LogP contribution >= 0.6 is 27.7 Å². The van der Waals surface area contributed by atoms with Crippen molar-refractivity contribution in [3.05, 3.63) is 82.8 Å². The summed E-state index contributed by atoms with van der Waals surface area (Å²) in [6, 6.07) is 19.7. The number of phenolic OH excluding ortho intramolecular Hbond substituents is 1. The number of carboxylic acids is 1. The summed E-state index contributed by atoms with van der Waals surface area (Å²) in [7, 11) is 0. The van der Waals surface area contributed by atoms with E-state index in [9.17, 15) is 19.5 Å². The number of halogens is 1. The van der Waals surface area contributed by atoms with Crippen molar-refractivity contribution in [3.8, 4) is 11.5 Å². The van der Waals surface area contributed by atoms with Crippen molar-refractivity contribution in [2.75, 3.05) is 16.8 Å². The van der Waals surface area contributed by atoms with Gasteiger partial charge in [0, 0.05) is 16.6 Å². The third-order valence-corrected chi connectivity index (χ3v) is 6.79. The number of carbonyl (C=O) groups is 3. The van der Waals surface area contributed by atoms with Gasteiger partial charge in [0.15, 0.2) is 11.8 Å². The molecule has 1 fully saturated rings. The van der Waals surface area contributed by atoms with Gasteiger partial charge in [-0.15, -0.1) is 5.10 Å². The number of aromatic hydroxyl groups is 1. The molecule has 194 valence electrons. The Balaban J connectivity index is 1.49. The van der Waals surface area contributed by atoms with E-state index in [1.165, 1.54) is 23.2 Å². The van der Waals surface area contributed by atoms with Crippen molar-refractivity contribution < 1.29 is 29.3 Å². The van der Waals surface area contributed by atoms with E-state index in [0.29, 0.717) is 22.7 Å². The fraction of sp³-hybridized carbons (Fsp3) is 0.115. The topological polar surface area (TPSA) is 141 Å². The maximum Gasteiger partial charge on any atom is 0.341 e. The highest BCUT2D eigenvalue weighted by Gasteiger charge is 2.40. The Morgan fingerprint density at radius 3 is 2.39 bits per heavy atom. The summed E-state index contributed by atoms with van der Waals surface area (Å²) in [6.45, 7) is -0.443. The van der Waals surface area contributed by atoms with Crippen molar-refractivity contribution in [1.29, 1.82) is 0 Å². The molecule has 0 spiro atoms. The molecule has 38 heavy (non-hydrogen) atoms. The minimum Gasteiger partial charge on any atom is -0.508 e. The Morgan fingerprint density at radius 1 is 1.05 bits per heavy atom. The van der Waals surface area contributed by atoms with Gasteiger partial charge >= 0.3 is 5.97 Å². The van der Waals surface area contributed by atoms with E-state index in [4.69, 9.17) is 9.84 Å². The largest absolute Gasteiger partial charge is 0.508 e. The van der Waals surface area contributed by atoms with Crippen LogP contribution in [0.4, 0.5) is 11.4 Å². The lowest BCUT2D eigenvalue weighted by Crippen LogP contribution is -2.33. The van der Waals surface area contributed by atoms with Crippen molar-refractivity contribution in [1.82, 2.24) is 0 Å². The molecule has 3 aromatic rings. The number of nitrogens with one attached hydrogen (secondary N) is 1. The lowest BCUT2D eigenvalue weighted by molar-refractivity contribution is -0.139. The number of hydrogen-bond donors (Lipinski definition) is 3. The summed E-state index contributed by atoms with van der Waals surface area (Å²) in [5.74, 6) is -1.28. The van der Waals surface area contributed by atoms with E-state index in [1.54, 1.807) is 60.7 Å². The third kappa shape index (κ3) is 7.20. The Morgan fingerprint density at radius 2 is 1.74 bits per heavy atom. The molecule has 1 aliphatic heterocycles. The first kappa shape index (κ1) is 26.9. The fourth-order valence-electron chi connectivity index (χ4n) is 3.36. The second-order valence-electron chi connectivity index (χ2n) is 7.93. The van der Waals surface area contributed by atoms with E-state index in [1.807, 2.05) is 0 Å². The van der Waals surface area contributed by atoms with Gasteiger partial charge in [0.25, 0.3) is 0 Å². The number of ether oxygens (including phenoxy) is 1. The Labute approximate surface area is 230 Å². The van der Waals surface area contributed by atoms with E-state index in [0.717, 1.165) is 16.2 Å². The summed E-state index contributed by atoms with van der Waals surface area (Å²) in [5.41, 5.74) is 1.76. The lowest BCUT2D eigenvalue weighted by Gasteiger charge is -2.16. The van der Waals surface area contributed by atoms with Crippen LogP contribution in [0.1, 0.15) is 12.0 Å². The SMILES string of the molecule is O=C(O)COc1ccc(/C=N/N=C2/SC(CC(=O)Nc3ccc(Br)cc3)C(=O)N2c2ccc(O)cc2)cc1. The van der Waals surface area contributed by atoms with E-state index in [2.05, 4.69) is 31.4 Å². The van der Waals surface area contributed by atoms with Gasteiger partial charge in [-0.25, -0.2) is 4.79 Å². The number of amides is 2. The maximum absolute atomic E-state index is 13.3. The second-order valence-corrected chi connectivity index (χ2v) is 10.0. The first-order valence-corrected chi connectivity index (χ1v) is 12.9. The number of benzene rings is 3. The van der Waals surface area contributed by atoms with Crippen molar-refractivity contribution >= 4 is 68.2 Å². The molecule has 3 N–H and O–H groups in total. The van der Waals surface area contributed by atoms with Crippen molar-refractivity contribution in [2.45, 2.75) is 11.7 Å². The first-order valence-electron chi connectivity index (χ1n) is 11.2. The molecule has 1 aliphatic rings. The number of aliphatic carboxylic acids is 1. The zero-order chi connectivity index (χ0) is 27.1. The van der Waals surface area contributed by atoms with Gasteiger partial charge in [-0.2, -0.15) is 5.10 Å². The second kappa shape index (κ2) is 12.4. The number of amidine groups is 1. The number of rotatable bonds is 9. The first-order chi connectivity index (χ1) is 18.3. The van der Waals surface area contributed by atoms with Gasteiger partial charge in [-0.3, -0.25) is 14.5 Å². The van der Waals surface area contributed by atoms with Gasteiger partial charge in [0.05, 0.1) is 11.9 Å².